The van der Waals surface area contributed by atoms with Crippen molar-refractivity contribution in [3.05, 3.63) is 85.1 Å². The molecule has 0 spiro atoms. The van der Waals surface area contributed by atoms with Gasteiger partial charge in [-0.2, -0.15) is 0 Å². The van der Waals surface area contributed by atoms with Gasteiger partial charge < -0.3 is 33.8 Å². The molecule has 0 rings (SSSR count). The van der Waals surface area contributed by atoms with Crippen molar-refractivity contribution in [1.82, 2.24) is 0 Å². The van der Waals surface area contributed by atoms with E-state index in [0.717, 1.165) is 180 Å². The molecule has 0 heterocycles. The Labute approximate surface area is 608 Å². The second-order valence-corrected chi connectivity index (χ2v) is 29.6. The Kier molecular flexibility index (Phi) is 70.8. The summed E-state index contributed by atoms with van der Waals surface area (Å²) in [7, 11) is -9.95. The zero-order chi connectivity index (χ0) is 73.2. The highest BCUT2D eigenvalue weighted by Crippen LogP contribution is 2.45. The molecular weight excluding hydrogens is 1310 g/mol. The van der Waals surface area contributed by atoms with E-state index in [9.17, 15) is 43.2 Å². The zero-order valence-electron chi connectivity index (χ0n) is 63.4. The number of esters is 4. The molecule has 0 saturated heterocycles. The fraction of sp³-hybridized carbons (Fsp3) is 0.778. The third-order valence-corrected chi connectivity index (χ3v) is 18.7. The van der Waals surface area contributed by atoms with Gasteiger partial charge in [-0.15, -0.1) is 0 Å². The van der Waals surface area contributed by atoms with Gasteiger partial charge in [-0.05, 0) is 122 Å². The number of aliphatic hydroxyl groups excluding tert-OH is 1. The van der Waals surface area contributed by atoms with Crippen molar-refractivity contribution in [3.63, 3.8) is 0 Å². The Bertz CT molecular complexity index is 2230. The first-order valence-corrected chi connectivity index (χ1v) is 42.8. The summed E-state index contributed by atoms with van der Waals surface area (Å²) in [4.78, 5) is 72.9. The number of unbranched alkanes of at least 4 members (excludes halogenated alkanes) is 35. The van der Waals surface area contributed by atoms with Crippen LogP contribution in [0.25, 0.3) is 0 Å². The highest BCUT2D eigenvalue weighted by molar-refractivity contribution is 7.47. The summed E-state index contributed by atoms with van der Waals surface area (Å²) in [6.45, 7) is 4.76. The predicted molar refractivity (Wildman–Crippen MR) is 409 cm³/mol. The minimum absolute atomic E-state index is 0.0772. The summed E-state index contributed by atoms with van der Waals surface area (Å²) >= 11 is 0. The quantitative estimate of drug-likeness (QED) is 0.0169. The van der Waals surface area contributed by atoms with E-state index in [2.05, 4.69) is 113 Å². The lowest BCUT2D eigenvalue weighted by atomic mass is 10.0. The van der Waals surface area contributed by atoms with Gasteiger partial charge in [-0.25, -0.2) is 9.13 Å². The summed E-state index contributed by atoms with van der Waals surface area (Å²) < 4.78 is 68.6. The van der Waals surface area contributed by atoms with Crippen LogP contribution in [-0.4, -0.2) is 96.7 Å². The lowest BCUT2D eigenvalue weighted by molar-refractivity contribution is -0.161. The van der Waals surface area contributed by atoms with Gasteiger partial charge in [0.1, 0.15) is 19.3 Å². The Hall–Kier alpha value is -3.76. The summed E-state index contributed by atoms with van der Waals surface area (Å²) in [5.41, 5.74) is 0. The number of carbonyl (C=O) groups is 4. The summed E-state index contributed by atoms with van der Waals surface area (Å²) in [5.74, 6) is -2.20. The van der Waals surface area contributed by atoms with Gasteiger partial charge in [-0.1, -0.05) is 286 Å². The van der Waals surface area contributed by atoms with Gasteiger partial charge in [0.25, 0.3) is 0 Å². The number of aliphatic hydroxyl groups is 1. The monoisotopic (exact) mass is 1450 g/mol. The van der Waals surface area contributed by atoms with Gasteiger partial charge in [0.05, 0.1) is 26.4 Å². The van der Waals surface area contributed by atoms with E-state index >= 15 is 0 Å². The van der Waals surface area contributed by atoms with Crippen molar-refractivity contribution in [3.8, 4) is 0 Å². The van der Waals surface area contributed by atoms with E-state index in [-0.39, 0.29) is 25.7 Å². The van der Waals surface area contributed by atoms with Crippen LogP contribution in [-0.2, 0) is 65.4 Å². The third kappa shape index (κ3) is 72.6. The average Bonchev–Trinajstić information content (AvgIpc) is 0.946. The Morgan fingerprint density at radius 3 is 0.810 bits per heavy atom. The zero-order valence-corrected chi connectivity index (χ0v) is 65.2. The molecule has 0 amide bonds. The van der Waals surface area contributed by atoms with Crippen LogP contribution in [0, 0.1) is 0 Å². The molecule has 17 nitrogen and oxygen atoms in total. The normalized spacial score (nSPS) is 14.3. The predicted octanol–water partition coefficient (Wildman–Crippen LogP) is 23.0. The van der Waals surface area contributed by atoms with Crippen molar-refractivity contribution >= 4 is 39.5 Å². The van der Waals surface area contributed by atoms with Crippen LogP contribution in [0.5, 0.6) is 0 Å². The van der Waals surface area contributed by atoms with Crippen molar-refractivity contribution < 1.29 is 80.2 Å². The first kappa shape index (κ1) is 96.2. The molecule has 100 heavy (non-hydrogen) atoms. The number of hydrogen-bond acceptors (Lipinski definition) is 15. The van der Waals surface area contributed by atoms with Crippen LogP contribution in [0.15, 0.2) is 85.1 Å². The van der Waals surface area contributed by atoms with Crippen molar-refractivity contribution in [2.24, 2.45) is 0 Å². The van der Waals surface area contributed by atoms with E-state index in [0.29, 0.717) is 25.7 Å². The molecule has 0 aromatic heterocycles. The molecule has 0 fully saturated rings. The fourth-order valence-corrected chi connectivity index (χ4v) is 12.3. The fourth-order valence-electron chi connectivity index (χ4n) is 10.7. The Morgan fingerprint density at radius 1 is 0.280 bits per heavy atom. The smallest absolute Gasteiger partial charge is 0.462 e. The molecule has 0 saturated carbocycles. The second kappa shape index (κ2) is 73.5. The summed E-state index contributed by atoms with van der Waals surface area (Å²) in [6.07, 6.45) is 75.6. The van der Waals surface area contributed by atoms with Gasteiger partial charge >= 0.3 is 39.5 Å². The highest BCUT2D eigenvalue weighted by Gasteiger charge is 2.30. The molecule has 3 N–H and O–H groups in total. The lowest BCUT2D eigenvalue weighted by Gasteiger charge is -2.21. The third-order valence-electron chi connectivity index (χ3n) is 16.8. The van der Waals surface area contributed by atoms with Gasteiger partial charge in [0.2, 0.25) is 0 Å². The van der Waals surface area contributed by atoms with Crippen LogP contribution in [0.1, 0.15) is 349 Å². The SMILES string of the molecule is CCC/C=C\C/C=C\CCCCCCCC(=O)OCC(COP(=O)(O)OCC(O)COP(=O)(O)OCC(COC(=O)CCCCCCCC/C=C\C/C=C\C/C=C\CCCCC)OC(=O)CCCCCCC/C=C\C/C=C\CCCCC)OC(=O)CCCCCCCCCCCCCCC. The number of rotatable bonds is 75. The molecule has 580 valence electrons. The van der Waals surface area contributed by atoms with E-state index < -0.39 is 97.5 Å². The molecule has 0 aliphatic carbocycles. The molecule has 0 aliphatic rings. The first-order chi connectivity index (χ1) is 48.7. The van der Waals surface area contributed by atoms with Crippen molar-refractivity contribution in [2.45, 2.75) is 367 Å². The Balaban J connectivity index is 5.35. The molecule has 0 aromatic carbocycles. The first-order valence-electron chi connectivity index (χ1n) is 39.8. The average molecular weight is 1450 g/mol. The Morgan fingerprint density at radius 2 is 0.510 bits per heavy atom. The van der Waals surface area contributed by atoms with E-state index in [1.807, 2.05) is 0 Å². The number of ether oxygens (including phenoxy) is 4. The maximum Gasteiger partial charge on any atom is 0.472 e. The maximum atomic E-state index is 13.1. The number of phosphoric ester groups is 2. The summed E-state index contributed by atoms with van der Waals surface area (Å²) in [5, 5.41) is 10.6. The standard InChI is InChI=1S/C81H144O17P2/c1-5-9-13-17-21-25-29-33-35-36-37-38-40-43-46-50-54-58-62-66-79(84)92-72-77(98-81(86)68-64-60-56-52-48-44-39-34-30-26-22-18-14-10-6-2)74-96-100(89,90)94-70-75(82)69-93-99(87,88)95-73-76(97-80(85)67-63-59-55-51-47-42-32-28-24-20-16-12-8-4)71-91-78(83)65-61-57-53-49-45-41-31-27-23-19-15-11-7-3/h15,19,21-22,25-27,31,33-35,37-39,75-77,82H,5-14,16-18,20,23-24,28-30,32,36,40-74H2,1-4H3,(H,87,88)(H,89,90)/b19-15-,25-21-,26-22-,31-27-,35-33-,38-37-,39-34-. The number of phosphoric acid groups is 2. The van der Waals surface area contributed by atoms with E-state index in [1.165, 1.54) is 89.9 Å². The van der Waals surface area contributed by atoms with Crippen LogP contribution in [0.2, 0.25) is 0 Å². The molecule has 0 aliphatic heterocycles. The molecule has 0 aromatic rings. The summed E-state index contributed by atoms with van der Waals surface area (Å²) in [6, 6.07) is 0. The maximum absolute atomic E-state index is 13.1. The number of hydrogen-bond donors (Lipinski definition) is 3. The van der Waals surface area contributed by atoms with Crippen LogP contribution in [0.4, 0.5) is 0 Å². The highest BCUT2D eigenvalue weighted by atomic mass is 31.2. The van der Waals surface area contributed by atoms with Crippen LogP contribution in [0.3, 0.4) is 0 Å². The number of carbonyl (C=O) groups excluding carboxylic acids is 4. The van der Waals surface area contributed by atoms with Crippen LogP contribution < -0.4 is 0 Å². The second-order valence-electron chi connectivity index (χ2n) is 26.7. The molecular formula is C81H144O17P2. The van der Waals surface area contributed by atoms with E-state index in [1.54, 1.807) is 0 Å². The number of allylic oxidation sites excluding steroid dienone is 14. The topological polar surface area (TPSA) is 237 Å². The molecule has 19 heteroatoms. The van der Waals surface area contributed by atoms with Gasteiger partial charge in [0, 0.05) is 25.7 Å². The van der Waals surface area contributed by atoms with Crippen molar-refractivity contribution in [2.75, 3.05) is 39.6 Å². The van der Waals surface area contributed by atoms with Gasteiger partial charge in [-0.3, -0.25) is 37.3 Å². The minimum Gasteiger partial charge on any atom is -0.462 e. The molecule has 0 bridgehead atoms. The largest absolute Gasteiger partial charge is 0.472 e. The van der Waals surface area contributed by atoms with E-state index in [4.69, 9.17) is 37.0 Å². The van der Waals surface area contributed by atoms with Crippen molar-refractivity contribution in [1.29, 1.82) is 0 Å². The molecule has 5 unspecified atom stereocenters. The minimum atomic E-state index is -4.98. The lowest BCUT2D eigenvalue weighted by Crippen LogP contribution is -2.30. The molecule has 5 atom stereocenters. The molecule has 0 radical (unpaired) electrons. The van der Waals surface area contributed by atoms with Crippen LogP contribution >= 0.6 is 15.6 Å². The van der Waals surface area contributed by atoms with Gasteiger partial charge in [0.15, 0.2) is 12.2 Å².